The maximum Gasteiger partial charge on any atom is 0.126 e. The lowest BCUT2D eigenvalue weighted by molar-refractivity contribution is 0.199. The van der Waals surface area contributed by atoms with E-state index in [1.54, 1.807) is 13.8 Å². The molecule has 1 N–H and O–H groups in total. The van der Waals surface area contributed by atoms with Gasteiger partial charge >= 0.3 is 0 Å². The Labute approximate surface area is 118 Å². The predicted octanol–water partition coefficient (Wildman–Crippen LogP) is 3.88. The van der Waals surface area contributed by atoms with Crippen LogP contribution in [-0.4, -0.2) is 11.7 Å². The van der Waals surface area contributed by atoms with E-state index in [0.717, 1.165) is 24.3 Å². The van der Waals surface area contributed by atoms with Crippen LogP contribution < -0.4 is 4.90 Å². The molecule has 2 aromatic rings. The summed E-state index contributed by atoms with van der Waals surface area (Å²) in [6, 6.07) is 11.5. The van der Waals surface area contributed by atoms with Gasteiger partial charge in [-0.1, -0.05) is 18.2 Å². The highest BCUT2D eigenvalue weighted by molar-refractivity contribution is 5.72. The number of hydrogen-bond acceptors (Lipinski definition) is 2. The number of fused-ring (bicyclic) bond motifs is 1. The average molecular weight is 271 g/mol. The molecule has 3 rings (SSSR count). The summed E-state index contributed by atoms with van der Waals surface area (Å²) in [6.45, 7) is 4.30. The van der Waals surface area contributed by atoms with Gasteiger partial charge in [0.2, 0.25) is 0 Å². The van der Waals surface area contributed by atoms with Gasteiger partial charge in [-0.05, 0) is 49.6 Å². The molecule has 0 aliphatic carbocycles. The van der Waals surface area contributed by atoms with Crippen LogP contribution in [-0.2, 0) is 6.42 Å². The molecule has 1 atom stereocenters. The molecule has 1 heterocycles. The standard InChI is InChI=1S/C17H18FNO/c1-11-9-17(14(12(2)20)10-15(11)18)19-8-7-13-5-3-4-6-16(13)19/h3-6,9-10,12,20H,7-8H2,1-2H3/t12-/m0/s1. The largest absolute Gasteiger partial charge is 0.389 e. The zero-order valence-electron chi connectivity index (χ0n) is 11.7. The van der Waals surface area contributed by atoms with Gasteiger partial charge in [-0.3, -0.25) is 0 Å². The fraction of sp³-hybridized carbons (Fsp3) is 0.294. The quantitative estimate of drug-likeness (QED) is 0.896. The molecule has 104 valence electrons. The molecule has 0 radical (unpaired) electrons. The second kappa shape index (κ2) is 4.91. The first-order valence-corrected chi connectivity index (χ1v) is 6.91. The topological polar surface area (TPSA) is 23.5 Å². The number of halogens is 1. The third-order valence-corrected chi connectivity index (χ3v) is 3.94. The first-order valence-electron chi connectivity index (χ1n) is 6.91. The Bertz CT molecular complexity index is 651. The zero-order valence-corrected chi connectivity index (χ0v) is 11.7. The smallest absolute Gasteiger partial charge is 0.126 e. The van der Waals surface area contributed by atoms with Crippen molar-refractivity contribution < 1.29 is 9.50 Å². The minimum absolute atomic E-state index is 0.267. The number of nitrogens with zero attached hydrogens (tertiary/aromatic N) is 1. The van der Waals surface area contributed by atoms with Crippen LogP contribution >= 0.6 is 0 Å². The normalized spacial score (nSPS) is 15.3. The van der Waals surface area contributed by atoms with Crippen LogP contribution in [0.5, 0.6) is 0 Å². The molecule has 0 amide bonds. The Morgan fingerprint density at radius 1 is 1.20 bits per heavy atom. The minimum Gasteiger partial charge on any atom is -0.389 e. The third-order valence-electron chi connectivity index (χ3n) is 3.94. The van der Waals surface area contributed by atoms with E-state index in [0.29, 0.717) is 11.1 Å². The van der Waals surface area contributed by atoms with Gasteiger partial charge < -0.3 is 10.0 Å². The Morgan fingerprint density at radius 2 is 1.95 bits per heavy atom. The highest BCUT2D eigenvalue weighted by Gasteiger charge is 2.24. The Morgan fingerprint density at radius 3 is 2.70 bits per heavy atom. The van der Waals surface area contributed by atoms with Gasteiger partial charge in [0.25, 0.3) is 0 Å². The summed E-state index contributed by atoms with van der Waals surface area (Å²) < 4.78 is 13.8. The number of para-hydroxylation sites is 1. The molecule has 0 unspecified atom stereocenters. The van der Waals surface area contributed by atoms with Gasteiger partial charge in [-0.25, -0.2) is 4.39 Å². The highest BCUT2D eigenvalue weighted by Crippen LogP contribution is 2.38. The molecular weight excluding hydrogens is 253 g/mol. The van der Waals surface area contributed by atoms with E-state index >= 15 is 0 Å². The van der Waals surface area contributed by atoms with E-state index in [2.05, 4.69) is 17.0 Å². The fourth-order valence-electron chi connectivity index (χ4n) is 2.84. The van der Waals surface area contributed by atoms with Gasteiger partial charge in [0.05, 0.1) is 6.10 Å². The van der Waals surface area contributed by atoms with E-state index in [1.807, 2.05) is 18.2 Å². The molecule has 3 heteroatoms. The molecule has 2 aromatic carbocycles. The summed E-state index contributed by atoms with van der Waals surface area (Å²) >= 11 is 0. The van der Waals surface area contributed by atoms with Crippen LogP contribution in [0.1, 0.15) is 29.7 Å². The van der Waals surface area contributed by atoms with Crippen molar-refractivity contribution in [3.8, 4) is 0 Å². The monoisotopic (exact) mass is 271 g/mol. The molecule has 20 heavy (non-hydrogen) atoms. The number of aryl methyl sites for hydroxylation is 1. The van der Waals surface area contributed by atoms with E-state index in [9.17, 15) is 9.50 Å². The van der Waals surface area contributed by atoms with Crippen molar-refractivity contribution in [1.82, 2.24) is 0 Å². The first-order chi connectivity index (χ1) is 9.58. The van der Waals surface area contributed by atoms with Crippen molar-refractivity contribution in [2.24, 2.45) is 0 Å². The van der Waals surface area contributed by atoms with Crippen LogP contribution in [0, 0.1) is 12.7 Å². The molecule has 0 aromatic heterocycles. The number of hydrogen-bond donors (Lipinski definition) is 1. The van der Waals surface area contributed by atoms with Crippen molar-refractivity contribution in [3.63, 3.8) is 0 Å². The predicted molar refractivity (Wildman–Crippen MR) is 78.9 cm³/mol. The SMILES string of the molecule is Cc1cc(N2CCc3ccccc32)c([C@H](C)O)cc1F. The molecule has 0 bridgehead atoms. The van der Waals surface area contributed by atoms with Crippen LogP contribution in [0.15, 0.2) is 36.4 Å². The Kier molecular flexibility index (Phi) is 3.22. The van der Waals surface area contributed by atoms with Crippen molar-refractivity contribution in [3.05, 3.63) is 58.9 Å². The van der Waals surface area contributed by atoms with Gasteiger partial charge in [-0.2, -0.15) is 0 Å². The van der Waals surface area contributed by atoms with Gasteiger partial charge in [0, 0.05) is 23.5 Å². The van der Waals surface area contributed by atoms with Crippen molar-refractivity contribution in [2.45, 2.75) is 26.4 Å². The molecule has 0 spiro atoms. The van der Waals surface area contributed by atoms with Gasteiger partial charge in [0.15, 0.2) is 0 Å². The average Bonchev–Trinajstić information content (AvgIpc) is 2.85. The summed E-state index contributed by atoms with van der Waals surface area (Å²) in [7, 11) is 0. The number of anilines is 2. The third kappa shape index (κ3) is 2.08. The molecule has 1 aliphatic rings. The second-order valence-electron chi connectivity index (χ2n) is 5.37. The lowest BCUT2D eigenvalue weighted by Crippen LogP contribution is -2.16. The van der Waals surface area contributed by atoms with Crippen molar-refractivity contribution in [2.75, 3.05) is 11.4 Å². The van der Waals surface area contributed by atoms with E-state index in [1.165, 1.54) is 11.6 Å². The van der Waals surface area contributed by atoms with Crippen molar-refractivity contribution in [1.29, 1.82) is 0 Å². The van der Waals surface area contributed by atoms with E-state index in [-0.39, 0.29) is 5.82 Å². The van der Waals surface area contributed by atoms with E-state index < -0.39 is 6.10 Å². The number of rotatable bonds is 2. The second-order valence-corrected chi connectivity index (χ2v) is 5.37. The van der Waals surface area contributed by atoms with Gasteiger partial charge in [-0.15, -0.1) is 0 Å². The molecule has 0 fully saturated rings. The van der Waals surface area contributed by atoms with E-state index in [4.69, 9.17) is 0 Å². The zero-order chi connectivity index (χ0) is 14.3. The van der Waals surface area contributed by atoms with Crippen LogP contribution in [0.25, 0.3) is 0 Å². The number of benzene rings is 2. The number of aliphatic hydroxyl groups excluding tert-OH is 1. The molecule has 0 saturated carbocycles. The Balaban J connectivity index is 2.14. The maximum absolute atomic E-state index is 13.8. The lowest BCUT2D eigenvalue weighted by atomic mass is 10.0. The summed E-state index contributed by atoms with van der Waals surface area (Å²) in [5, 5.41) is 9.93. The fourth-order valence-corrected chi connectivity index (χ4v) is 2.84. The van der Waals surface area contributed by atoms with Crippen molar-refractivity contribution >= 4 is 11.4 Å². The summed E-state index contributed by atoms with van der Waals surface area (Å²) in [4.78, 5) is 2.17. The first kappa shape index (κ1) is 13.1. The number of aliphatic hydroxyl groups is 1. The minimum atomic E-state index is -0.687. The summed E-state index contributed by atoms with van der Waals surface area (Å²) in [5.74, 6) is -0.267. The summed E-state index contributed by atoms with van der Waals surface area (Å²) in [6.07, 6.45) is 0.291. The van der Waals surface area contributed by atoms with Crippen LogP contribution in [0.3, 0.4) is 0 Å². The molecule has 1 aliphatic heterocycles. The summed E-state index contributed by atoms with van der Waals surface area (Å²) in [5.41, 5.74) is 4.61. The van der Waals surface area contributed by atoms with Crippen LogP contribution in [0.4, 0.5) is 15.8 Å². The highest BCUT2D eigenvalue weighted by atomic mass is 19.1. The van der Waals surface area contributed by atoms with Crippen LogP contribution in [0.2, 0.25) is 0 Å². The molecule has 0 saturated heterocycles. The molecular formula is C17H18FNO. The molecule has 2 nitrogen and oxygen atoms in total. The van der Waals surface area contributed by atoms with Gasteiger partial charge in [0.1, 0.15) is 5.82 Å². The Hall–Kier alpha value is -1.87. The maximum atomic E-state index is 13.8. The lowest BCUT2D eigenvalue weighted by Gasteiger charge is -2.25.